The van der Waals surface area contributed by atoms with E-state index in [2.05, 4.69) is 25.4 Å². The Balaban J connectivity index is 2.77. The third-order valence-corrected chi connectivity index (χ3v) is 2.70. The molecule has 0 atom stereocenters. The van der Waals surface area contributed by atoms with E-state index in [0.29, 0.717) is 5.92 Å². The summed E-state index contributed by atoms with van der Waals surface area (Å²) in [6.07, 6.45) is 4.10. The first-order chi connectivity index (χ1) is 6.09. The van der Waals surface area contributed by atoms with Gasteiger partial charge in [0.25, 0.3) is 5.56 Å². The summed E-state index contributed by atoms with van der Waals surface area (Å²) in [7, 11) is 0. The largest absolute Gasteiger partial charge is 0.313 e. The van der Waals surface area contributed by atoms with Gasteiger partial charge in [-0.15, -0.1) is 11.3 Å². The number of aromatic amines is 1. The standard InChI is InChI=1S/C10H15NOS/c1-7(2)5-4-6-9-10(12)11-8(3)13-9/h6-7H,3-5H2,1-2H3,(H,11,12)/b9-6+. The fourth-order valence-electron chi connectivity index (χ4n) is 1.07. The van der Waals surface area contributed by atoms with Crippen molar-refractivity contribution < 1.29 is 0 Å². The Morgan fingerprint density at radius 1 is 1.62 bits per heavy atom. The minimum absolute atomic E-state index is 0.00115. The lowest BCUT2D eigenvalue weighted by molar-refractivity contribution is 0.602. The summed E-state index contributed by atoms with van der Waals surface area (Å²) in [5.74, 6) is 0.689. The molecule has 1 rings (SSSR count). The summed E-state index contributed by atoms with van der Waals surface area (Å²) >= 11 is 1.43. The lowest BCUT2D eigenvalue weighted by Crippen LogP contribution is -2.19. The van der Waals surface area contributed by atoms with Gasteiger partial charge in [-0.2, -0.15) is 0 Å². The van der Waals surface area contributed by atoms with Gasteiger partial charge in [0.05, 0.1) is 9.20 Å². The molecule has 1 aromatic heterocycles. The second-order valence-electron chi connectivity index (χ2n) is 3.52. The van der Waals surface area contributed by atoms with Crippen molar-refractivity contribution in [1.82, 2.24) is 4.98 Å². The highest BCUT2D eigenvalue weighted by atomic mass is 32.1. The van der Waals surface area contributed by atoms with Crippen LogP contribution in [0.5, 0.6) is 0 Å². The molecule has 1 aromatic rings. The summed E-state index contributed by atoms with van der Waals surface area (Å²) in [6.45, 7) is 8.05. The fraction of sp³-hybridized carbons (Fsp3) is 0.500. The van der Waals surface area contributed by atoms with E-state index in [0.717, 1.165) is 22.0 Å². The number of hydrogen-bond acceptors (Lipinski definition) is 2. The van der Waals surface area contributed by atoms with Crippen molar-refractivity contribution in [2.75, 3.05) is 0 Å². The molecule has 0 fully saturated rings. The zero-order valence-electron chi connectivity index (χ0n) is 8.09. The molecule has 0 unspecified atom stereocenters. The van der Waals surface area contributed by atoms with Gasteiger partial charge >= 0.3 is 0 Å². The summed E-state index contributed by atoms with van der Waals surface area (Å²) in [4.78, 5) is 13.9. The van der Waals surface area contributed by atoms with Crippen LogP contribution in [0, 0.1) is 5.92 Å². The number of nitrogens with one attached hydrogen (secondary N) is 1. The molecule has 3 heteroatoms. The summed E-state index contributed by atoms with van der Waals surface area (Å²) < 4.78 is 1.53. The lowest BCUT2D eigenvalue weighted by Gasteiger charge is -1.97. The Morgan fingerprint density at radius 3 is 2.77 bits per heavy atom. The van der Waals surface area contributed by atoms with E-state index in [9.17, 15) is 4.79 Å². The van der Waals surface area contributed by atoms with Gasteiger partial charge in [0.15, 0.2) is 0 Å². The molecular weight excluding hydrogens is 182 g/mol. The molecule has 13 heavy (non-hydrogen) atoms. The van der Waals surface area contributed by atoms with Crippen molar-refractivity contribution in [3.8, 4) is 0 Å². The zero-order valence-corrected chi connectivity index (χ0v) is 8.91. The number of hydrogen-bond donors (Lipinski definition) is 1. The van der Waals surface area contributed by atoms with Crippen LogP contribution in [-0.4, -0.2) is 4.98 Å². The van der Waals surface area contributed by atoms with Crippen molar-refractivity contribution in [2.24, 2.45) is 5.92 Å². The third kappa shape index (κ3) is 3.19. The van der Waals surface area contributed by atoms with E-state index < -0.39 is 0 Å². The molecule has 0 aliphatic heterocycles. The van der Waals surface area contributed by atoms with Crippen molar-refractivity contribution >= 4 is 24.0 Å². The van der Waals surface area contributed by atoms with E-state index in [-0.39, 0.29) is 5.56 Å². The molecule has 0 amide bonds. The van der Waals surface area contributed by atoms with Gasteiger partial charge in [-0.3, -0.25) is 4.79 Å². The Labute approximate surface area is 81.6 Å². The van der Waals surface area contributed by atoms with Gasteiger partial charge in [0.2, 0.25) is 0 Å². The Morgan fingerprint density at radius 2 is 2.31 bits per heavy atom. The topological polar surface area (TPSA) is 32.9 Å². The minimum atomic E-state index is -0.00115. The van der Waals surface area contributed by atoms with Crippen LogP contribution < -0.4 is 14.8 Å². The van der Waals surface area contributed by atoms with Crippen molar-refractivity contribution in [3.63, 3.8) is 0 Å². The summed E-state index contributed by atoms with van der Waals surface area (Å²) in [5.41, 5.74) is -0.00115. The van der Waals surface area contributed by atoms with Crippen molar-refractivity contribution in [1.29, 1.82) is 0 Å². The number of rotatable bonds is 3. The van der Waals surface area contributed by atoms with Gasteiger partial charge in [-0.05, 0) is 18.8 Å². The van der Waals surface area contributed by atoms with E-state index >= 15 is 0 Å². The van der Waals surface area contributed by atoms with Gasteiger partial charge in [0, 0.05) is 0 Å². The average Bonchev–Trinajstić information content (AvgIpc) is 2.29. The molecule has 0 saturated heterocycles. The number of aromatic nitrogens is 1. The van der Waals surface area contributed by atoms with Gasteiger partial charge in [-0.25, -0.2) is 0 Å². The minimum Gasteiger partial charge on any atom is -0.313 e. The highest BCUT2D eigenvalue weighted by Gasteiger charge is 1.93. The van der Waals surface area contributed by atoms with Crippen LogP contribution in [0.1, 0.15) is 26.7 Å². The molecule has 0 aliphatic rings. The average molecular weight is 197 g/mol. The highest BCUT2D eigenvalue weighted by molar-refractivity contribution is 7.07. The smallest absolute Gasteiger partial charge is 0.266 e. The molecule has 0 aromatic carbocycles. The van der Waals surface area contributed by atoms with E-state index in [1.165, 1.54) is 11.3 Å². The van der Waals surface area contributed by atoms with E-state index in [4.69, 9.17) is 0 Å². The normalized spacial score (nSPS) is 12.7. The maximum absolute atomic E-state index is 11.2. The lowest BCUT2D eigenvalue weighted by atomic mass is 10.1. The Hall–Kier alpha value is -0.830. The van der Waals surface area contributed by atoms with Crippen LogP contribution in [0.2, 0.25) is 0 Å². The number of thiazole rings is 1. The molecular formula is C10H15NOS. The molecule has 0 spiro atoms. The Bertz CT molecular complexity index is 413. The first-order valence-corrected chi connectivity index (χ1v) is 5.29. The zero-order chi connectivity index (χ0) is 9.84. The van der Waals surface area contributed by atoms with Crippen LogP contribution >= 0.6 is 11.3 Å². The van der Waals surface area contributed by atoms with Crippen LogP contribution in [0.3, 0.4) is 0 Å². The van der Waals surface area contributed by atoms with Crippen LogP contribution in [-0.2, 0) is 0 Å². The van der Waals surface area contributed by atoms with Gasteiger partial charge in [-0.1, -0.05) is 26.5 Å². The van der Waals surface area contributed by atoms with Gasteiger partial charge in [0.1, 0.15) is 0 Å². The second kappa shape index (κ2) is 4.42. The quantitative estimate of drug-likeness (QED) is 0.772. The SMILES string of the molecule is C=c1[nH]c(=O)/c(=C\CCC(C)C)s1. The molecule has 72 valence electrons. The predicted molar refractivity (Wildman–Crippen MR) is 58.2 cm³/mol. The van der Waals surface area contributed by atoms with E-state index in [1.807, 2.05) is 6.08 Å². The molecule has 0 saturated carbocycles. The maximum Gasteiger partial charge on any atom is 0.266 e. The monoisotopic (exact) mass is 197 g/mol. The molecule has 1 heterocycles. The van der Waals surface area contributed by atoms with Crippen molar-refractivity contribution in [2.45, 2.75) is 26.7 Å². The summed E-state index contributed by atoms with van der Waals surface area (Å²) in [5, 5.41) is 0. The first kappa shape index (κ1) is 10.3. The fourth-order valence-corrected chi connectivity index (χ4v) is 1.83. The molecule has 0 bridgehead atoms. The highest BCUT2D eigenvalue weighted by Crippen LogP contribution is 2.02. The molecule has 0 radical (unpaired) electrons. The molecule has 0 aliphatic carbocycles. The Kier molecular flexibility index (Phi) is 3.48. The summed E-state index contributed by atoms with van der Waals surface area (Å²) in [6, 6.07) is 0. The second-order valence-corrected chi connectivity index (χ2v) is 4.66. The number of H-pyrrole nitrogens is 1. The van der Waals surface area contributed by atoms with Gasteiger partial charge < -0.3 is 4.98 Å². The van der Waals surface area contributed by atoms with Crippen molar-refractivity contribution in [3.05, 3.63) is 19.5 Å². The first-order valence-electron chi connectivity index (χ1n) is 4.48. The van der Waals surface area contributed by atoms with Crippen LogP contribution in [0.4, 0.5) is 0 Å². The third-order valence-electron chi connectivity index (χ3n) is 1.78. The van der Waals surface area contributed by atoms with Crippen LogP contribution in [0.15, 0.2) is 4.79 Å². The molecule has 2 nitrogen and oxygen atoms in total. The molecule has 1 N–H and O–H groups in total. The van der Waals surface area contributed by atoms with Crippen LogP contribution in [0.25, 0.3) is 12.7 Å². The predicted octanol–water partition coefficient (Wildman–Crippen LogP) is 1.06. The maximum atomic E-state index is 11.2. The van der Waals surface area contributed by atoms with E-state index in [1.54, 1.807) is 0 Å².